The van der Waals surface area contributed by atoms with Crippen LogP contribution in [0.4, 0.5) is 5.82 Å². The average Bonchev–Trinajstić information content (AvgIpc) is 3.54. The molecule has 0 radical (unpaired) electrons. The zero-order chi connectivity index (χ0) is 28.3. The number of Topliss-reactive ketones (excluding diaryl/α,β-unsaturated/α-hetero) is 1. The van der Waals surface area contributed by atoms with E-state index in [1.54, 1.807) is 6.07 Å². The second kappa shape index (κ2) is 11.6. The number of benzene rings is 1. The third kappa shape index (κ3) is 6.25. The summed E-state index contributed by atoms with van der Waals surface area (Å²) in [5.41, 5.74) is 4.96. The summed E-state index contributed by atoms with van der Waals surface area (Å²) >= 11 is 13.6. The SMILES string of the molecule is COC(=O)C(=O)Cn1cc(Cl)cc(-c2cc(NCc3ccc(Cl)s3)n(C(=O)c3cccc(C(N)=O)c3)n2)c1=O. The number of carbonyl (C=O) groups is 4. The summed E-state index contributed by atoms with van der Waals surface area (Å²) in [7, 11) is 1.05. The Kier molecular flexibility index (Phi) is 8.29. The molecule has 14 heteroatoms. The highest BCUT2D eigenvalue weighted by Gasteiger charge is 2.22. The minimum Gasteiger partial charge on any atom is -0.463 e. The predicted molar refractivity (Wildman–Crippen MR) is 145 cm³/mol. The van der Waals surface area contributed by atoms with Crippen molar-refractivity contribution in [2.24, 2.45) is 5.73 Å². The van der Waals surface area contributed by atoms with Crippen molar-refractivity contribution in [2.45, 2.75) is 13.1 Å². The second-order valence-corrected chi connectivity index (χ2v) is 10.3. The molecule has 3 aromatic heterocycles. The van der Waals surface area contributed by atoms with Crippen molar-refractivity contribution in [1.29, 1.82) is 0 Å². The molecule has 0 spiro atoms. The van der Waals surface area contributed by atoms with Crippen LogP contribution < -0.4 is 16.6 Å². The molecule has 1 aromatic carbocycles. The number of primary amides is 1. The van der Waals surface area contributed by atoms with E-state index in [1.165, 1.54) is 53.9 Å². The molecule has 39 heavy (non-hydrogen) atoms. The lowest BCUT2D eigenvalue weighted by Crippen LogP contribution is -2.29. The third-order valence-corrected chi connectivity index (χ3v) is 6.86. The number of nitrogens with one attached hydrogen (secondary N) is 1. The molecule has 0 aliphatic rings. The number of amides is 1. The lowest BCUT2D eigenvalue weighted by Gasteiger charge is -2.08. The van der Waals surface area contributed by atoms with Gasteiger partial charge in [-0.15, -0.1) is 11.3 Å². The number of ketones is 1. The predicted octanol–water partition coefficient (Wildman–Crippen LogP) is 3.22. The molecule has 0 aliphatic carbocycles. The summed E-state index contributed by atoms with van der Waals surface area (Å²) in [6.07, 6.45) is 1.20. The molecule has 0 atom stereocenters. The number of thiophene rings is 1. The largest absolute Gasteiger partial charge is 0.463 e. The molecule has 0 saturated heterocycles. The van der Waals surface area contributed by atoms with Crippen LogP contribution in [0.5, 0.6) is 0 Å². The fourth-order valence-corrected chi connectivity index (χ4v) is 4.83. The lowest BCUT2D eigenvalue weighted by molar-refractivity contribution is -0.151. The Balaban J connectivity index is 1.78. The number of methoxy groups -OCH3 is 1. The van der Waals surface area contributed by atoms with Gasteiger partial charge in [0.2, 0.25) is 5.91 Å². The fraction of sp³-hybridized carbons (Fsp3) is 0.120. The van der Waals surface area contributed by atoms with Crippen molar-refractivity contribution >= 4 is 63.9 Å². The van der Waals surface area contributed by atoms with Gasteiger partial charge in [-0.25, -0.2) is 4.79 Å². The number of hydrogen-bond acceptors (Lipinski definition) is 9. The molecule has 0 aliphatic heterocycles. The molecule has 4 aromatic rings. The summed E-state index contributed by atoms with van der Waals surface area (Å²) in [5, 5.41) is 7.53. The van der Waals surface area contributed by atoms with E-state index in [1.807, 2.05) is 6.07 Å². The minimum absolute atomic E-state index is 0.0279. The van der Waals surface area contributed by atoms with Crippen LogP contribution in [0.25, 0.3) is 11.3 Å². The van der Waals surface area contributed by atoms with Crippen LogP contribution in [-0.4, -0.2) is 45.0 Å². The van der Waals surface area contributed by atoms with E-state index in [4.69, 9.17) is 28.9 Å². The minimum atomic E-state index is -1.11. The summed E-state index contributed by atoms with van der Waals surface area (Å²) in [4.78, 5) is 62.8. The van der Waals surface area contributed by atoms with Crippen LogP contribution in [0.15, 0.2) is 59.5 Å². The summed E-state index contributed by atoms with van der Waals surface area (Å²) < 4.78 is 6.98. The zero-order valence-electron chi connectivity index (χ0n) is 20.1. The fourth-order valence-electron chi connectivity index (χ4n) is 3.58. The number of nitrogens with two attached hydrogens (primary N) is 1. The van der Waals surface area contributed by atoms with Gasteiger partial charge in [0, 0.05) is 28.3 Å². The molecule has 0 saturated carbocycles. The number of halogens is 2. The van der Waals surface area contributed by atoms with Gasteiger partial charge < -0.3 is 20.4 Å². The zero-order valence-corrected chi connectivity index (χ0v) is 22.5. The highest BCUT2D eigenvalue weighted by molar-refractivity contribution is 7.16. The van der Waals surface area contributed by atoms with Crippen LogP contribution in [0.3, 0.4) is 0 Å². The average molecular weight is 588 g/mol. The Morgan fingerprint density at radius 1 is 1.08 bits per heavy atom. The molecule has 4 rings (SSSR count). The van der Waals surface area contributed by atoms with Gasteiger partial charge in [-0.3, -0.25) is 19.2 Å². The highest BCUT2D eigenvalue weighted by atomic mass is 35.5. The Morgan fingerprint density at radius 2 is 1.82 bits per heavy atom. The van der Waals surface area contributed by atoms with E-state index in [0.717, 1.165) is 21.2 Å². The standard InChI is InChI=1S/C25H19Cl2N5O6S/c1-38-25(37)19(33)12-31-11-15(26)8-17(24(31)36)18-9-21(29-10-16-5-6-20(27)39-16)32(30-18)23(35)14-4-2-3-13(7-14)22(28)34/h2-9,11,29H,10,12H2,1H3,(H2,28,34). The van der Waals surface area contributed by atoms with Crippen molar-refractivity contribution in [3.8, 4) is 11.3 Å². The smallest absolute Gasteiger partial charge is 0.376 e. The molecule has 3 N–H and O–H groups in total. The molecule has 200 valence electrons. The Hall–Kier alpha value is -4.26. The number of anilines is 1. The number of ether oxygens (including phenoxy) is 1. The van der Waals surface area contributed by atoms with E-state index >= 15 is 0 Å². The Morgan fingerprint density at radius 3 is 2.49 bits per heavy atom. The molecule has 11 nitrogen and oxygen atoms in total. The van der Waals surface area contributed by atoms with E-state index in [0.29, 0.717) is 4.34 Å². The summed E-state index contributed by atoms with van der Waals surface area (Å²) in [5.74, 6) is -3.17. The first-order valence-corrected chi connectivity index (χ1v) is 12.7. The molecule has 0 bridgehead atoms. The number of esters is 1. The number of pyridine rings is 1. The van der Waals surface area contributed by atoms with E-state index in [9.17, 15) is 24.0 Å². The van der Waals surface area contributed by atoms with E-state index in [2.05, 4.69) is 15.2 Å². The first-order chi connectivity index (χ1) is 18.6. The number of rotatable bonds is 9. The summed E-state index contributed by atoms with van der Waals surface area (Å²) in [6, 6.07) is 12.1. The molecule has 0 unspecified atom stereocenters. The quantitative estimate of drug-likeness (QED) is 0.223. The van der Waals surface area contributed by atoms with Crippen molar-refractivity contribution in [1.82, 2.24) is 14.3 Å². The monoisotopic (exact) mass is 587 g/mol. The number of hydrogen-bond donors (Lipinski definition) is 2. The maximum Gasteiger partial charge on any atom is 0.376 e. The van der Waals surface area contributed by atoms with Crippen LogP contribution in [0, 0.1) is 0 Å². The van der Waals surface area contributed by atoms with Gasteiger partial charge in [0.1, 0.15) is 11.5 Å². The van der Waals surface area contributed by atoms with Gasteiger partial charge in [-0.1, -0.05) is 29.3 Å². The van der Waals surface area contributed by atoms with Gasteiger partial charge in [0.05, 0.1) is 35.1 Å². The normalized spacial score (nSPS) is 10.7. The molecular weight excluding hydrogens is 569 g/mol. The van der Waals surface area contributed by atoms with Gasteiger partial charge in [0.15, 0.2) is 0 Å². The van der Waals surface area contributed by atoms with Gasteiger partial charge >= 0.3 is 5.97 Å². The first kappa shape index (κ1) is 27.8. The number of aromatic nitrogens is 3. The van der Waals surface area contributed by atoms with Gasteiger partial charge in [0.25, 0.3) is 17.2 Å². The van der Waals surface area contributed by atoms with Crippen molar-refractivity contribution in [3.63, 3.8) is 0 Å². The number of carbonyl (C=O) groups excluding carboxylic acids is 4. The van der Waals surface area contributed by atoms with Crippen LogP contribution >= 0.6 is 34.5 Å². The molecule has 1 amide bonds. The maximum atomic E-state index is 13.5. The molecular formula is C25H19Cl2N5O6S. The number of nitrogens with zero attached hydrogens (tertiary/aromatic N) is 3. The van der Waals surface area contributed by atoms with Gasteiger partial charge in [-0.05, 0) is 36.4 Å². The second-order valence-electron chi connectivity index (χ2n) is 8.06. The van der Waals surface area contributed by atoms with Crippen molar-refractivity contribution in [2.75, 3.05) is 12.4 Å². The van der Waals surface area contributed by atoms with Crippen LogP contribution in [0.2, 0.25) is 9.36 Å². The summed E-state index contributed by atoms with van der Waals surface area (Å²) in [6.45, 7) is -0.326. The van der Waals surface area contributed by atoms with Crippen molar-refractivity contribution in [3.05, 3.63) is 90.4 Å². The topological polar surface area (TPSA) is 155 Å². The van der Waals surface area contributed by atoms with Crippen molar-refractivity contribution < 1.29 is 23.9 Å². The van der Waals surface area contributed by atoms with E-state index < -0.39 is 35.7 Å². The third-order valence-electron chi connectivity index (χ3n) is 5.42. The molecule has 0 fully saturated rings. The molecule has 3 heterocycles. The van der Waals surface area contributed by atoms with Crippen LogP contribution in [0.1, 0.15) is 25.6 Å². The lowest BCUT2D eigenvalue weighted by atomic mass is 10.1. The highest BCUT2D eigenvalue weighted by Crippen LogP contribution is 2.26. The Labute approximate surface area is 234 Å². The first-order valence-electron chi connectivity index (χ1n) is 11.1. The van der Waals surface area contributed by atoms with Gasteiger partial charge in [-0.2, -0.15) is 9.78 Å². The maximum absolute atomic E-state index is 13.5. The Bertz CT molecular complexity index is 1680. The van der Waals surface area contributed by atoms with E-state index in [-0.39, 0.29) is 39.8 Å². The van der Waals surface area contributed by atoms with Crippen LogP contribution in [-0.2, 0) is 27.4 Å².